The molecule has 2 aromatic heterocycles. The Labute approximate surface area is 119 Å². The molecule has 0 unspecified atom stereocenters. The average Bonchev–Trinajstić information content (AvgIpc) is 2.82. The molecule has 0 bridgehead atoms. The zero-order valence-electron chi connectivity index (χ0n) is 11.7. The van der Waals surface area contributed by atoms with Gasteiger partial charge in [0.2, 0.25) is 5.95 Å². The molecule has 0 aliphatic heterocycles. The number of hydrogen-bond donors (Lipinski definition) is 1. The topological polar surface area (TPSA) is 42.2 Å². The van der Waals surface area contributed by atoms with Crippen LogP contribution in [0.3, 0.4) is 0 Å². The molecule has 0 aliphatic carbocycles. The molecule has 0 fully saturated rings. The largest absolute Gasteiger partial charge is 0.353 e. The summed E-state index contributed by atoms with van der Waals surface area (Å²) < 4.78 is 1.83. The maximum atomic E-state index is 4.50. The lowest BCUT2D eigenvalue weighted by atomic mass is 10.2. The van der Waals surface area contributed by atoms with Crippen molar-refractivity contribution in [3.8, 4) is 0 Å². The Morgan fingerprint density at radius 2 is 2.11 bits per heavy atom. The predicted molar refractivity (Wildman–Crippen MR) is 83.1 cm³/mol. The van der Waals surface area contributed by atoms with E-state index in [0.717, 1.165) is 23.7 Å². The van der Waals surface area contributed by atoms with Gasteiger partial charge in [-0.1, -0.05) is 18.9 Å². The van der Waals surface area contributed by atoms with Crippen LogP contribution in [0.1, 0.15) is 31.2 Å². The lowest BCUT2D eigenvalue weighted by Crippen LogP contribution is -2.03. The molecule has 104 valence electrons. The highest BCUT2D eigenvalue weighted by atomic mass is 32.2. The van der Waals surface area contributed by atoms with Gasteiger partial charge in [0.25, 0.3) is 0 Å². The number of aryl methyl sites for hydroxylation is 1. The monoisotopic (exact) mass is 278 g/mol. The minimum Gasteiger partial charge on any atom is -0.353 e. The van der Waals surface area contributed by atoms with Gasteiger partial charge in [-0.05, 0) is 43.4 Å². The number of anilines is 1. The molecule has 0 aliphatic rings. The fraction of sp³-hybridized carbons (Fsp3) is 0.571. The number of nitrogens with zero attached hydrogens (tertiary/aromatic N) is 3. The van der Waals surface area contributed by atoms with Crippen LogP contribution in [0.15, 0.2) is 18.3 Å². The van der Waals surface area contributed by atoms with Crippen molar-refractivity contribution < 1.29 is 0 Å². The Kier molecular flexibility index (Phi) is 5.51. The zero-order chi connectivity index (χ0) is 13.5. The third-order valence-electron chi connectivity index (χ3n) is 3.12. The summed E-state index contributed by atoms with van der Waals surface area (Å²) in [6, 6.07) is 4.05. The third-order valence-corrected chi connectivity index (χ3v) is 3.81. The SMILES string of the molecule is CSCCCCCCNc1nc2c(C)cccn2n1. The molecule has 19 heavy (non-hydrogen) atoms. The molecule has 0 saturated heterocycles. The van der Waals surface area contributed by atoms with Gasteiger partial charge in [-0.15, -0.1) is 5.10 Å². The van der Waals surface area contributed by atoms with E-state index < -0.39 is 0 Å². The quantitative estimate of drug-likeness (QED) is 0.752. The van der Waals surface area contributed by atoms with E-state index in [4.69, 9.17) is 0 Å². The van der Waals surface area contributed by atoms with Crippen molar-refractivity contribution >= 4 is 23.4 Å². The Morgan fingerprint density at radius 1 is 1.26 bits per heavy atom. The van der Waals surface area contributed by atoms with E-state index in [9.17, 15) is 0 Å². The Hall–Kier alpha value is -1.23. The number of pyridine rings is 1. The molecule has 2 rings (SSSR count). The minimum atomic E-state index is 0.735. The summed E-state index contributed by atoms with van der Waals surface area (Å²) in [4.78, 5) is 4.50. The number of thioether (sulfide) groups is 1. The highest BCUT2D eigenvalue weighted by Gasteiger charge is 2.04. The molecule has 0 amide bonds. The van der Waals surface area contributed by atoms with E-state index in [1.165, 1.54) is 31.4 Å². The average molecular weight is 278 g/mol. The van der Waals surface area contributed by atoms with Gasteiger partial charge in [0, 0.05) is 12.7 Å². The minimum absolute atomic E-state index is 0.735. The summed E-state index contributed by atoms with van der Waals surface area (Å²) in [5.74, 6) is 2.01. The van der Waals surface area contributed by atoms with Gasteiger partial charge in [-0.25, -0.2) is 4.52 Å². The lowest BCUT2D eigenvalue weighted by Gasteiger charge is -2.01. The van der Waals surface area contributed by atoms with Gasteiger partial charge in [0.05, 0.1) is 0 Å². The molecule has 0 radical (unpaired) electrons. The van der Waals surface area contributed by atoms with Gasteiger partial charge in [-0.3, -0.25) is 0 Å². The summed E-state index contributed by atoms with van der Waals surface area (Å²) in [7, 11) is 0. The summed E-state index contributed by atoms with van der Waals surface area (Å²) in [5.41, 5.74) is 2.09. The van der Waals surface area contributed by atoms with Crippen molar-refractivity contribution in [1.82, 2.24) is 14.6 Å². The number of fused-ring (bicyclic) bond motifs is 1. The summed E-state index contributed by atoms with van der Waals surface area (Å²) in [5, 5.41) is 7.72. The molecule has 0 aromatic carbocycles. The Balaban J connectivity index is 1.74. The van der Waals surface area contributed by atoms with Crippen LogP contribution in [-0.4, -0.2) is 33.2 Å². The van der Waals surface area contributed by atoms with E-state index in [1.54, 1.807) is 0 Å². The van der Waals surface area contributed by atoms with Crippen molar-refractivity contribution in [1.29, 1.82) is 0 Å². The van der Waals surface area contributed by atoms with E-state index in [1.807, 2.05) is 28.5 Å². The van der Waals surface area contributed by atoms with Crippen LogP contribution in [0.25, 0.3) is 5.65 Å². The molecule has 1 N–H and O–H groups in total. The fourth-order valence-corrected chi connectivity index (χ4v) is 2.53. The maximum absolute atomic E-state index is 4.50. The van der Waals surface area contributed by atoms with Gasteiger partial charge in [0.1, 0.15) is 0 Å². The first kappa shape index (κ1) is 14.2. The summed E-state index contributed by atoms with van der Waals surface area (Å²) in [6.07, 6.45) is 9.21. The van der Waals surface area contributed by atoms with E-state index in [2.05, 4.69) is 34.6 Å². The first-order valence-corrected chi connectivity index (χ1v) is 8.25. The number of aromatic nitrogens is 3. The highest BCUT2D eigenvalue weighted by molar-refractivity contribution is 7.98. The standard InChI is InChI=1S/C14H22N4S/c1-12-8-7-10-18-13(12)16-14(17-18)15-9-5-3-4-6-11-19-2/h7-8,10H,3-6,9,11H2,1-2H3,(H,15,17). The Bertz CT molecular complexity index is 509. The molecule has 0 saturated carbocycles. The van der Waals surface area contributed by atoms with E-state index >= 15 is 0 Å². The van der Waals surface area contributed by atoms with Crippen LogP contribution in [-0.2, 0) is 0 Å². The van der Waals surface area contributed by atoms with Crippen molar-refractivity contribution in [3.05, 3.63) is 23.9 Å². The van der Waals surface area contributed by atoms with Gasteiger partial charge in [-0.2, -0.15) is 16.7 Å². The van der Waals surface area contributed by atoms with Crippen LogP contribution in [0.4, 0.5) is 5.95 Å². The second kappa shape index (κ2) is 7.38. The lowest BCUT2D eigenvalue weighted by molar-refractivity contribution is 0.687. The third kappa shape index (κ3) is 4.13. The second-order valence-corrected chi connectivity index (χ2v) is 5.71. The van der Waals surface area contributed by atoms with Crippen molar-refractivity contribution in [2.45, 2.75) is 32.6 Å². The van der Waals surface area contributed by atoms with Crippen LogP contribution in [0.2, 0.25) is 0 Å². The normalized spacial score (nSPS) is 11.1. The summed E-state index contributed by atoms with van der Waals surface area (Å²) >= 11 is 1.93. The number of hydrogen-bond acceptors (Lipinski definition) is 4. The smallest absolute Gasteiger partial charge is 0.243 e. The van der Waals surface area contributed by atoms with E-state index in [-0.39, 0.29) is 0 Å². The van der Waals surface area contributed by atoms with Crippen molar-refractivity contribution in [2.24, 2.45) is 0 Å². The molecule has 0 spiro atoms. The van der Waals surface area contributed by atoms with Crippen LogP contribution < -0.4 is 5.32 Å². The summed E-state index contributed by atoms with van der Waals surface area (Å²) in [6.45, 7) is 3.01. The molecule has 2 heterocycles. The van der Waals surface area contributed by atoms with Gasteiger partial charge < -0.3 is 5.32 Å². The van der Waals surface area contributed by atoms with E-state index in [0.29, 0.717) is 0 Å². The highest BCUT2D eigenvalue weighted by Crippen LogP contribution is 2.10. The van der Waals surface area contributed by atoms with Crippen LogP contribution >= 0.6 is 11.8 Å². The Morgan fingerprint density at radius 3 is 2.89 bits per heavy atom. The first-order valence-electron chi connectivity index (χ1n) is 6.86. The number of rotatable bonds is 8. The molecule has 0 atom stereocenters. The van der Waals surface area contributed by atoms with Crippen molar-refractivity contribution in [2.75, 3.05) is 23.9 Å². The molecular weight excluding hydrogens is 256 g/mol. The molecular formula is C14H22N4S. The van der Waals surface area contributed by atoms with Gasteiger partial charge >= 0.3 is 0 Å². The molecule has 5 heteroatoms. The first-order chi connectivity index (χ1) is 9.31. The molecule has 4 nitrogen and oxygen atoms in total. The fourth-order valence-electron chi connectivity index (χ4n) is 2.04. The van der Waals surface area contributed by atoms with Crippen LogP contribution in [0.5, 0.6) is 0 Å². The zero-order valence-corrected chi connectivity index (χ0v) is 12.5. The number of nitrogens with one attached hydrogen (secondary N) is 1. The predicted octanol–water partition coefficient (Wildman–Crippen LogP) is 3.37. The second-order valence-electron chi connectivity index (χ2n) is 4.73. The van der Waals surface area contributed by atoms with Gasteiger partial charge in [0.15, 0.2) is 5.65 Å². The van der Waals surface area contributed by atoms with Crippen LogP contribution in [0, 0.1) is 6.92 Å². The van der Waals surface area contributed by atoms with Crippen molar-refractivity contribution in [3.63, 3.8) is 0 Å². The number of unbranched alkanes of at least 4 members (excludes halogenated alkanes) is 3. The maximum Gasteiger partial charge on any atom is 0.243 e. The molecule has 2 aromatic rings.